The molecule has 1 rings (SSSR count). The third kappa shape index (κ3) is 3.21. The summed E-state index contributed by atoms with van der Waals surface area (Å²) in [4.78, 5) is 11.9. The standard InChI is InChI=1S/C14H26O3/c1-5-17-13(15)14(4,16)12-9-7-6-8-11(12)10(2)3/h10-12,16H,5-9H2,1-4H3. The summed E-state index contributed by atoms with van der Waals surface area (Å²) in [5.74, 6) is 0.497. The molecule has 3 unspecified atom stereocenters. The summed E-state index contributed by atoms with van der Waals surface area (Å²) in [7, 11) is 0. The van der Waals surface area contributed by atoms with Crippen LogP contribution in [-0.2, 0) is 9.53 Å². The Labute approximate surface area is 105 Å². The van der Waals surface area contributed by atoms with Crippen LogP contribution in [0.3, 0.4) is 0 Å². The third-order valence-electron chi connectivity index (χ3n) is 4.09. The number of carbonyl (C=O) groups excluding carboxylic acids is 1. The Balaban J connectivity index is 2.82. The number of ether oxygens (including phenoxy) is 1. The molecule has 0 heterocycles. The molecular formula is C14H26O3. The predicted molar refractivity (Wildman–Crippen MR) is 67.5 cm³/mol. The van der Waals surface area contributed by atoms with Crippen molar-refractivity contribution in [3.63, 3.8) is 0 Å². The summed E-state index contributed by atoms with van der Waals surface area (Å²) >= 11 is 0. The van der Waals surface area contributed by atoms with Crippen molar-refractivity contribution in [2.45, 2.75) is 59.0 Å². The molecule has 0 aromatic rings. The van der Waals surface area contributed by atoms with E-state index >= 15 is 0 Å². The molecule has 3 atom stereocenters. The number of carbonyl (C=O) groups is 1. The highest BCUT2D eigenvalue weighted by Gasteiger charge is 2.46. The minimum Gasteiger partial charge on any atom is -0.464 e. The molecule has 0 aliphatic heterocycles. The molecule has 17 heavy (non-hydrogen) atoms. The molecule has 100 valence electrons. The van der Waals surface area contributed by atoms with Gasteiger partial charge in [-0.25, -0.2) is 4.79 Å². The minimum atomic E-state index is -1.33. The lowest BCUT2D eigenvalue weighted by Gasteiger charge is -2.41. The van der Waals surface area contributed by atoms with Crippen LogP contribution in [0, 0.1) is 17.8 Å². The molecule has 1 saturated carbocycles. The van der Waals surface area contributed by atoms with Gasteiger partial charge in [0.25, 0.3) is 0 Å². The molecule has 0 amide bonds. The van der Waals surface area contributed by atoms with E-state index in [-0.39, 0.29) is 5.92 Å². The van der Waals surface area contributed by atoms with Gasteiger partial charge in [-0.2, -0.15) is 0 Å². The number of hydrogen-bond donors (Lipinski definition) is 1. The summed E-state index contributed by atoms with van der Waals surface area (Å²) < 4.78 is 5.00. The van der Waals surface area contributed by atoms with E-state index < -0.39 is 11.6 Å². The summed E-state index contributed by atoms with van der Waals surface area (Å²) in [6, 6.07) is 0. The van der Waals surface area contributed by atoms with Gasteiger partial charge in [-0.1, -0.05) is 26.7 Å². The Morgan fingerprint density at radius 2 is 2.00 bits per heavy atom. The van der Waals surface area contributed by atoms with Crippen molar-refractivity contribution in [2.24, 2.45) is 17.8 Å². The van der Waals surface area contributed by atoms with E-state index in [9.17, 15) is 9.90 Å². The van der Waals surface area contributed by atoms with Gasteiger partial charge in [-0.15, -0.1) is 0 Å². The first-order valence-electron chi connectivity index (χ1n) is 6.80. The smallest absolute Gasteiger partial charge is 0.338 e. The largest absolute Gasteiger partial charge is 0.464 e. The van der Waals surface area contributed by atoms with Crippen LogP contribution in [0.2, 0.25) is 0 Å². The monoisotopic (exact) mass is 242 g/mol. The zero-order valence-corrected chi connectivity index (χ0v) is 11.5. The van der Waals surface area contributed by atoms with Gasteiger partial charge in [0.05, 0.1) is 6.61 Å². The first kappa shape index (κ1) is 14.5. The molecule has 0 aromatic carbocycles. The van der Waals surface area contributed by atoms with Crippen LogP contribution in [0.4, 0.5) is 0 Å². The highest BCUT2D eigenvalue weighted by atomic mass is 16.5. The van der Waals surface area contributed by atoms with Gasteiger partial charge in [-0.3, -0.25) is 0 Å². The fraction of sp³-hybridized carbons (Fsp3) is 0.929. The van der Waals surface area contributed by atoms with E-state index in [2.05, 4.69) is 13.8 Å². The molecule has 0 bridgehead atoms. The first-order valence-corrected chi connectivity index (χ1v) is 6.80. The topological polar surface area (TPSA) is 46.5 Å². The van der Waals surface area contributed by atoms with Gasteiger partial charge in [-0.05, 0) is 38.5 Å². The number of esters is 1. The molecule has 1 N–H and O–H groups in total. The Morgan fingerprint density at radius 1 is 1.41 bits per heavy atom. The molecule has 3 heteroatoms. The quantitative estimate of drug-likeness (QED) is 0.771. The van der Waals surface area contributed by atoms with E-state index in [4.69, 9.17) is 4.74 Å². The maximum atomic E-state index is 11.9. The average Bonchev–Trinajstić information content (AvgIpc) is 2.29. The Bertz CT molecular complexity index is 258. The maximum absolute atomic E-state index is 11.9. The summed E-state index contributed by atoms with van der Waals surface area (Å²) in [5.41, 5.74) is -1.33. The van der Waals surface area contributed by atoms with Crippen molar-refractivity contribution in [1.29, 1.82) is 0 Å². The zero-order chi connectivity index (χ0) is 13.1. The second-order valence-electron chi connectivity index (χ2n) is 5.67. The second kappa shape index (κ2) is 5.85. The van der Waals surface area contributed by atoms with Gasteiger partial charge in [0.15, 0.2) is 5.60 Å². The van der Waals surface area contributed by atoms with Crippen LogP contribution in [0.15, 0.2) is 0 Å². The van der Waals surface area contributed by atoms with Crippen LogP contribution in [0.25, 0.3) is 0 Å². The fourth-order valence-corrected chi connectivity index (χ4v) is 3.08. The van der Waals surface area contributed by atoms with Crippen LogP contribution < -0.4 is 0 Å². The van der Waals surface area contributed by atoms with E-state index in [1.165, 1.54) is 6.42 Å². The predicted octanol–water partition coefficient (Wildman–Crippen LogP) is 2.76. The van der Waals surface area contributed by atoms with Crippen molar-refractivity contribution in [3.05, 3.63) is 0 Å². The summed E-state index contributed by atoms with van der Waals surface area (Å²) in [6.07, 6.45) is 4.34. The molecule has 1 aliphatic carbocycles. The number of aliphatic hydroxyl groups is 1. The molecule has 0 radical (unpaired) electrons. The van der Waals surface area contributed by atoms with Crippen molar-refractivity contribution >= 4 is 5.97 Å². The normalized spacial score (nSPS) is 28.8. The summed E-state index contributed by atoms with van der Waals surface area (Å²) in [6.45, 7) is 8.06. The van der Waals surface area contributed by atoms with E-state index in [1.54, 1.807) is 13.8 Å². The van der Waals surface area contributed by atoms with Crippen molar-refractivity contribution in [3.8, 4) is 0 Å². The fourth-order valence-electron chi connectivity index (χ4n) is 3.08. The van der Waals surface area contributed by atoms with Crippen molar-refractivity contribution in [1.82, 2.24) is 0 Å². The molecule has 1 aliphatic rings. The van der Waals surface area contributed by atoms with Crippen LogP contribution in [-0.4, -0.2) is 23.3 Å². The second-order valence-corrected chi connectivity index (χ2v) is 5.67. The lowest BCUT2D eigenvalue weighted by molar-refractivity contribution is -0.174. The van der Waals surface area contributed by atoms with Gasteiger partial charge < -0.3 is 9.84 Å². The van der Waals surface area contributed by atoms with Crippen molar-refractivity contribution < 1.29 is 14.6 Å². The van der Waals surface area contributed by atoms with E-state index in [1.807, 2.05) is 0 Å². The van der Waals surface area contributed by atoms with Gasteiger partial charge >= 0.3 is 5.97 Å². The van der Waals surface area contributed by atoms with Crippen LogP contribution in [0.1, 0.15) is 53.4 Å². The third-order valence-corrected chi connectivity index (χ3v) is 4.09. The van der Waals surface area contributed by atoms with Gasteiger partial charge in [0.2, 0.25) is 0 Å². The molecule has 0 spiro atoms. The Kier molecular flexibility index (Phi) is 4.99. The van der Waals surface area contributed by atoms with Gasteiger partial charge in [0, 0.05) is 5.92 Å². The number of rotatable bonds is 4. The Hall–Kier alpha value is -0.570. The lowest BCUT2D eigenvalue weighted by atomic mass is 9.66. The van der Waals surface area contributed by atoms with Crippen LogP contribution >= 0.6 is 0 Å². The molecule has 0 saturated heterocycles. The van der Waals surface area contributed by atoms with Crippen molar-refractivity contribution in [2.75, 3.05) is 6.61 Å². The van der Waals surface area contributed by atoms with E-state index in [0.717, 1.165) is 19.3 Å². The highest BCUT2D eigenvalue weighted by Crippen LogP contribution is 2.41. The molecule has 1 fully saturated rings. The molecular weight excluding hydrogens is 216 g/mol. The van der Waals surface area contributed by atoms with Crippen LogP contribution in [0.5, 0.6) is 0 Å². The Morgan fingerprint density at radius 3 is 2.53 bits per heavy atom. The molecule has 3 nitrogen and oxygen atoms in total. The van der Waals surface area contributed by atoms with Gasteiger partial charge in [0.1, 0.15) is 0 Å². The maximum Gasteiger partial charge on any atom is 0.338 e. The minimum absolute atomic E-state index is 0.0373. The SMILES string of the molecule is CCOC(=O)C(C)(O)C1CCCCC1C(C)C. The molecule has 0 aromatic heterocycles. The average molecular weight is 242 g/mol. The zero-order valence-electron chi connectivity index (χ0n) is 11.5. The summed E-state index contributed by atoms with van der Waals surface area (Å²) in [5, 5.41) is 10.5. The lowest BCUT2D eigenvalue weighted by Crippen LogP contribution is -2.49. The van der Waals surface area contributed by atoms with E-state index in [0.29, 0.717) is 18.4 Å². The first-order chi connectivity index (χ1) is 7.91. The number of hydrogen-bond acceptors (Lipinski definition) is 3. The highest BCUT2D eigenvalue weighted by molar-refractivity contribution is 5.79.